The molecule has 0 bridgehead atoms. The SMILES string of the molecule is CCOCCC(N)c1ccc(CC)cc1. The summed E-state index contributed by atoms with van der Waals surface area (Å²) in [5.74, 6) is 0. The van der Waals surface area contributed by atoms with Crippen LogP contribution in [0.5, 0.6) is 0 Å². The van der Waals surface area contributed by atoms with E-state index in [4.69, 9.17) is 10.5 Å². The normalized spacial score (nSPS) is 12.7. The fourth-order valence-electron chi connectivity index (χ4n) is 1.52. The van der Waals surface area contributed by atoms with Gasteiger partial charge in [-0.3, -0.25) is 0 Å². The van der Waals surface area contributed by atoms with E-state index < -0.39 is 0 Å². The molecule has 84 valence electrons. The molecule has 2 nitrogen and oxygen atoms in total. The number of rotatable bonds is 6. The van der Waals surface area contributed by atoms with Crippen LogP contribution in [0.2, 0.25) is 0 Å². The number of hydrogen-bond acceptors (Lipinski definition) is 2. The van der Waals surface area contributed by atoms with Crippen LogP contribution in [0.3, 0.4) is 0 Å². The number of aryl methyl sites for hydroxylation is 1. The average Bonchev–Trinajstić information content (AvgIpc) is 2.29. The van der Waals surface area contributed by atoms with Crippen molar-refractivity contribution < 1.29 is 4.74 Å². The molecule has 1 aromatic carbocycles. The van der Waals surface area contributed by atoms with E-state index in [1.807, 2.05) is 6.92 Å². The first kappa shape index (κ1) is 12.2. The zero-order valence-electron chi connectivity index (χ0n) is 9.70. The van der Waals surface area contributed by atoms with Gasteiger partial charge < -0.3 is 10.5 Å². The van der Waals surface area contributed by atoms with Crippen LogP contribution in [0, 0.1) is 0 Å². The molecule has 0 spiro atoms. The van der Waals surface area contributed by atoms with E-state index in [1.165, 1.54) is 11.1 Å². The molecule has 0 saturated carbocycles. The Morgan fingerprint density at radius 2 is 1.87 bits per heavy atom. The lowest BCUT2D eigenvalue weighted by Gasteiger charge is -2.12. The molecule has 15 heavy (non-hydrogen) atoms. The minimum Gasteiger partial charge on any atom is -0.382 e. The summed E-state index contributed by atoms with van der Waals surface area (Å²) in [5, 5.41) is 0. The zero-order chi connectivity index (χ0) is 11.1. The van der Waals surface area contributed by atoms with Crippen LogP contribution < -0.4 is 5.73 Å². The van der Waals surface area contributed by atoms with Gasteiger partial charge in [-0.2, -0.15) is 0 Å². The summed E-state index contributed by atoms with van der Waals surface area (Å²) >= 11 is 0. The monoisotopic (exact) mass is 207 g/mol. The Morgan fingerprint density at radius 3 is 2.40 bits per heavy atom. The molecular formula is C13H21NO. The Kier molecular flexibility index (Phi) is 5.37. The van der Waals surface area contributed by atoms with Gasteiger partial charge in [-0.1, -0.05) is 31.2 Å². The molecule has 0 amide bonds. The third-order valence-corrected chi connectivity index (χ3v) is 2.59. The summed E-state index contributed by atoms with van der Waals surface area (Å²) in [6.07, 6.45) is 1.97. The molecular weight excluding hydrogens is 186 g/mol. The molecule has 0 aliphatic carbocycles. The molecule has 1 unspecified atom stereocenters. The Balaban J connectivity index is 2.46. The second-order valence-corrected chi connectivity index (χ2v) is 3.69. The van der Waals surface area contributed by atoms with Crippen molar-refractivity contribution in [3.8, 4) is 0 Å². The minimum absolute atomic E-state index is 0.0995. The van der Waals surface area contributed by atoms with Crippen LogP contribution in [0.4, 0.5) is 0 Å². The number of hydrogen-bond donors (Lipinski definition) is 1. The largest absolute Gasteiger partial charge is 0.382 e. The maximum Gasteiger partial charge on any atom is 0.0483 e. The predicted octanol–water partition coefficient (Wildman–Crippen LogP) is 2.68. The lowest BCUT2D eigenvalue weighted by Crippen LogP contribution is -2.13. The van der Waals surface area contributed by atoms with E-state index >= 15 is 0 Å². The minimum atomic E-state index is 0.0995. The van der Waals surface area contributed by atoms with Crippen LogP contribution in [-0.2, 0) is 11.2 Å². The van der Waals surface area contributed by atoms with Gasteiger partial charge >= 0.3 is 0 Å². The molecule has 0 aliphatic rings. The van der Waals surface area contributed by atoms with E-state index in [9.17, 15) is 0 Å². The summed E-state index contributed by atoms with van der Waals surface area (Å²) in [6.45, 7) is 5.67. The third-order valence-electron chi connectivity index (χ3n) is 2.59. The lowest BCUT2D eigenvalue weighted by atomic mass is 10.0. The smallest absolute Gasteiger partial charge is 0.0483 e. The van der Waals surface area contributed by atoms with Gasteiger partial charge in [-0.25, -0.2) is 0 Å². The van der Waals surface area contributed by atoms with Crippen molar-refractivity contribution in [2.75, 3.05) is 13.2 Å². The van der Waals surface area contributed by atoms with Crippen molar-refractivity contribution >= 4 is 0 Å². The highest BCUT2D eigenvalue weighted by molar-refractivity contribution is 5.24. The first-order valence-corrected chi connectivity index (χ1v) is 5.70. The first-order valence-electron chi connectivity index (χ1n) is 5.70. The highest BCUT2D eigenvalue weighted by Crippen LogP contribution is 2.15. The van der Waals surface area contributed by atoms with Gasteiger partial charge in [0.25, 0.3) is 0 Å². The topological polar surface area (TPSA) is 35.2 Å². The summed E-state index contributed by atoms with van der Waals surface area (Å²) in [4.78, 5) is 0. The average molecular weight is 207 g/mol. The summed E-state index contributed by atoms with van der Waals surface area (Å²) in [6, 6.07) is 8.64. The molecule has 1 aromatic rings. The van der Waals surface area contributed by atoms with Gasteiger partial charge in [0.1, 0.15) is 0 Å². The molecule has 0 saturated heterocycles. The summed E-state index contributed by atoms with van der Waals surface area (Å²) in [5.41, 5.74) is 8.61. The highest BCUT2D eigenvalue weighted by atomic mass is 16.5. The van der Waals surface area contributed by atoms with Gasteiger partial charge in [-0.05, 0) is 30.9 Å². The number of ether oxygens (including phenoxy) is 1. The van der Waals surface area contributed by atoms with Crippen molar-refractivity contribution in [1.29, 1.82) is 0 Å². The zero-order valence-corrected chi connectivity index (χ0v) is 9.70. The van der Waals surface area contributed by atoms with E-state index in [2.05, 4.69) is 31.2 Å². The van der Waals surface area contributed by atoms with Crippen LogP contribution in [0.25, 0.3) is 0 Å². The van der Waals surface area contributed by atoms with Crippen molar-refractivity contribution in [2.45, 2.75) is 32.7 Å². The van der Waals surface area contributed by atoms with E-state index in [0.717, 1.165) is 26.1 Å². The maximum atomic E-state index is 6.05. The number of nitrogens with two attached hydrogens (primary N) is 1. The highest BCUT2D eigenvalue weighted by Gasteiger charge is 2.04. The number of benzene rings is 1. The van der Waals surface area contributed by atoms with E-state index in [-0.39, 0.29) is 6.04 Å². The Morgan fingerprint density at radius 1 is 1.20 bits per heavy atom. The molecule has 1 rings (SSSR count). The molecule has 0 fully saturated rings. The lowest BCUT2D eigenvalue weighted by molar-refractivity contribution is 0.140. The second-order valence-electron chi connectivity index (χ2n) is 3.69. The molecule has 0 aliphatic heterocycles. The van der Waals surface area contributed by atoms with Crippen LogP contribution >= 0.6 is 0 Å². The first-order chi connectivity index (χ1) is 7.27. The Hall–Kier alpha value is -0.860. The van der Waals surface area contributed by atoms with Crippen molar-refractivity contribution in [1.82, 2.24) is 0 Å². The van der Waals surface area contributed by atoms with Crippen molar-refractivity contribution in [2.24, 2.45) is 5.73 Å². The molecule has 2 N–H and O–H groups in total. The van der Waals surface area contributed by atoms with Gasteiger partial charge in [-0.15, -0.1) is 0 Å². The van der Waals surface area contributed by atoms with Gasteiger partial charge in [0, 0.05) is 19.3 Å². The fraction of sp³-hybridized carbons (Fsp3) is 0.538. The molecule has 2 heteroatoms. The maximum absolute atomic E-state index is 6.05. The molecule has 1 atom stereocenters. The van der Waals surface area contributed by atoms with E-state index in [0.29, 0.717) is 0 Å². The standard InChI is InChI=1S/C13H21NO/c1-3-11-5-7-12(8-6-11)13(14)9-10-15-4-2/h5-8,13H,3-4,9-10,14H2,1-2H3. The van der Waals surface area contributed by atoms with E-state index in [1.54, 1.807) is 0 Å². The van der Waals surface area contributed by atoms with Crippen LogP contribution in [0.1, 0.15) is 37.4 Å². The van der Waals surface area contributed by atoms with Crippen molar-refractivity contribution in [3.63, 3.8) is 0 Å². The Bertz CT molecular complexity index is 268. The van der Waals surface area contributed by atoms with Crippen LogP contribution in [0.15, 0.2) is 24.3 Å². The summed E-state index contributed by atoms with van der Waals surface area (Å²) in [7, 11) is 0. The Labute approximate surface area is 92.4 Å². The predicted molar refractivity (Wildman–Crippen MR) is 63.9 cm³/mol. The molecule has 0 radical (unpaired) electrons. The van der Waals surface area contributed by atoms with Gasteiger partial charge in [0.15, 0.2) is 0 Å². The molecule has 0 aromatic heterocycles. The van der Waals surface area contributed by atoms with Crippen LogP contribution in [-0.4, -0.2) is 13.2 Å². The summed E-state index contributed by atoms with van der Waals surface area (Å²) < 4.78 is 5.29. The fourth-order valence-corrected chi connectivity index (χ4v) is 1.52. The van der Waals surface area contributed by atoms with Crippen molar-refractivity contribution in [3.05, 3.63) is 35.4 Å². The molecule has 0 heterocycles. The second kappa shape index (κ2) is 6.59. The van der Waals surface area contributed by atoms with Gasteiger partial charge in [0.05, 0.1) is 0 Å². The third kappa shape index (κ3) is 4.02. The van der Waals surface area contributed by atoms with Gasteiger partial charge in [0.2, 0.25) is 0 Å². The quantitative estimate of drug-likeness (QED) is 0.728.